The molecule has 2 aromatic rings. The number of aliphatic hydroxyl groups is 1. The largest absolute Gasteiger partial charge is 0.489 e. The number of hydrogen-bond acceptors (Lipinski definition) is 2. The molecule has 0 spiro atoms. The van der Waals surface area contributed by atoms with Crippen molar-refractivity contribution in [2.75, 3.05) is 0 Å². The van der Waals surface area contributed by atoms with Crippen LogP contribution in [0.25, 0.3) is 0 Å². The Morgan fingerprint density at radius 2 is 1.61 bits per heavy atom. The molecule has 0 unspecified atom stereocenters. The Morgan fingerprint density at radius 3 is 2.33 bits per heavy atom. The summed E-state index contributed by atoms with van der Waals surface area (Å²) in [5, 5.41) is 10.2. The third-order valence-electron chi connectivity index (χ3n) is 3.35. The first kappa shape index (κ1) is 11.3. The highest BCUT2D eigenvalue weighted by Crippen LogP contribution is 2.48. The molecule has 2 aromatic carbocycles. The standard InChI is InChI=1S/C16H16O2/c17-16(10-11-16)14-8-4-5-9-15(14)18-12-13-6-2-1-3-7-13/h1-9,17H,10-12H2. The van der Waals surface area contributed by atoms with Crippen molar-refractivity contribution in [3.05, 3.63) is 65.7 Å². The molecule has 0 bridgehead atoms. The van der Waals surface area contributed by atoms with Crippen molar-refractivity contribution in [1.82, 2.24) is 0 Å². The summed E-state index contributed by atoms with van der Waals surface area (Å²) in [6.45, 7) is 0.536. The van der Waals surface area contributed by atoms with Crippen molar-refractivity contribution in [2.45, 2.75) is 25.0 Å². The van der Waals surface area contributed by atoms with Gasteiger partial charge in [-0.1, -0.05) is 48.5 Å². The average Bonchev–Trinajstić information content (AvgIpc) is 3.17. The van der Waals surface area contributed by atoms with Gasteiger partial charge in [0.25, 0.3) is 0 Å². The molecule has 3 rings (SSSR count). The van der Waals surface area contributed by atoms with Crippen LogP contribution in [-0.2, 0) is 12.2 Å². The van der Waals surface area contributed by atoms with Gasteiger partial charge in [-0.2, -0.15) is 0 Å². The first-order valence-corrected chi connectivity index (χ1v) is 6.27. The monoisotopic (exact) mass is 240 g/mol. The van der Waals surface area contributed by atoms with E-state index in [9.17, 15) is 5.11 Å². The summed E-state index contributed by atoms with van der Waals surface area (Å²) in [6.07, 6.45) is 1.66. The predicted molar refractivity (Wildman–Crippen MR) is 70.3 cm³/mol. The zero-order chi connectivity index (χ0) is 12.4. The quantitative estimate of drug-likeness (QED) is 0.889. The fourth-order valence-electron chi connectivity index (χ4n) is 2.10. The van der Waals surface area contributed by atoms with Crippen LogP contribution in [-0.4, -0.2) is 5.11 Å². The number of para-hydroxylation sites is 1. The van der Waals surface area contributed by atoms with Crippen LogP contribution >= 0.6 is 0 Å². The van der Waals surface area contributed by atoms with Crippen LogP contribution in [0.3, 0.4) is 0 Å². The Hall–Kier alpha value is -1.80. The molecule has 0 amide bonds. The Morgan fingerprint density at radius 1 is 0.944 bits per heavy atom. The molecule has 1 aliphatic rings. The maximum absolute atomic E-state index is 10.2. The van der Waals surface area contributed by atoms with Crippen LogP contribution in [0.15, 0.2) is 54.6 Å². The number of benzene rings is 2. The second-order valence-corrected chi connectivity index (χ2v) is 4.80. The van der Waals surface area contributed by atoms with Gasteiger partial charge in [-0.15, -0.1) is 0 Å². The van der Waals surface area contributed by atoms with Gasteiger partial charge in [0.05, 0.1) is 5.60 Å². The number of rotatable bonds is 4. The summed E-state index contributed by atoms with van der Waals surface area (Å²) < 4.78 is 5.83. The molecule has 18 heavy (non-hydrogen) atoms. The molecular weight excluding hydrogens is 224 g/mol. The molecule has 1 aliphatic carbocycles. The van der Waals surface area contributed by atoms with Crippen molar-refractivity contribution < 1.29 is 9.84 Å². The van der Waals surface area contributed by atoms with Crippen LogP contribution in [0, 0.1) is 0 Å². The molecule has 2 heteroatoms. The minimum absolute atomic E-state index is 0.536. The molecular formula is C16H16O2. The molecule has 0 heterocycles. The van der Waals surface area contributed by atoms with Gasteiger partial charge in [-0.25, -0.2) is 0 Å². The van der Waals surface area contributed by atoms with E-state index in [1.54, 1.807) is 0 Å². The summed E-state index contributed by atoms with van der Waals surface area (Å²) in [7, 11) is 0. The third kappa shape index (κ3) is 2.24. The molecule has 2 nitrogen and oxygen atoms in total. The van der Waals surface area contributed by atoms with E-state index in [0.29, 0.717) is 6.61 Å². The SMILES string of the molecule is OC1(c2ccccc2OCc2ccccc2)CC1. The smallest absolute Gasteiger partial charge is 0.125 e. The van der Waals surface area contributed by atoms with Gasteiger partial charge in [0, 0.05) is 5.56 Å². The topological polar surface area (TPSA) is 29.5 Å². The molecule has 0 radical (unpaired) electrons. The molecule has 0 aliphatic heterocycles. The normalized spacial score (nSPS) is 16.3. The Kier molecular flexibility index (Phi) is 2.80. The summed E-state index contributed by atoms with van der Waals surface area (Å²) in [5.74, 6) is 0.793. The summed E-state index contributed by atoms with van der Waals surface area (Å²) in [5.41, 5.74) is 1.41. The van der Waals surface area contributed by atoms with Crippen molar-refractivity contribution in [3.8, 4) is 5.75 Å². The molecule has 1 saturated carbocycles. The maximum Gasteiger partial charge on any atom is 0.125 e. The lowest BCUT2D eigenvalue weighted by atomic mass is 10.1. The predicted octanol–water partition coefficient (Wildman–Crippen LogP) is 3.25. The number of hydrogen-bond donors (Lipinski definition) is 1. The lowest BCUT2D eigenvalue weighted by Gasteiger charge is -2.15. The van der Waals surface area contributed by atoms with E-state index in [1.165, 1.54) is 0 Å². The van der Waals surface area contributed by atoms with Crippen LogP contribution < -0.4 is 4.74 Å². The molecule has 0 aromatic heterocycles. The molecule has 1 fully saturated rings. The van der Waals surface area contributed by atoms with Crippen molar-refractivity contribution in [1.29, 1.82) is 0 Å². The van der Waals surface area contributed by atoms with Crippen molar-refractivity contribution in [2.24, 2.45) is 0 Å². The minimum Gasteiger partial charge on any atom is -0.489 e. The van der Waals surface area contributed by atoms with Gasteiger partial charge >= 0.3 is 0 Å². The van der Waals surface area contributed by atoms with Gasteiger partial charge in [0.15, 0.2) is 0 Å². The van der Waals surface area contributed by atoms with E-state index in [0.717, 1.165) is 29.7 Å². The van der Waals surface area contributed by atoms with E-state index in [4.69, 9.17) is 4.74 Å². The summed E-state index contributed by atoms with van der Waals surface area (Å²) in [6, 6.07) is 17.8. The first-order valence-electron chi connectivity index (χ1n) is 6.27. The van der Waals surface area contributed by atoms with Crippen LogP contribution in [0.5, 0.6) is 5.75 Å². The zero-order valence-electron chi connectivity index (χ0n) is 10.2. The summed E-state index contributed by atoms with van der Waals surface area (Å²) in [4.78, 5) is 0. The molecule has 1 N–H and O–H groups in total. The molecule has 0 saturated heterocycles. The minimum atomic E-state index is -0.646. The van der Waals surface area contributed by atoms with Crippen molar-refractivity contribution >= 4 is 0 Å². The van der Waals surface area contributed by atoms with Gasteiger partial charge in [0.2, 0.25) is 0 Å². The second kappa shape index (κ2) is 4.46. The molecule has 0 atom stereocenters. The highest BCUT2D eigenvalue weighted by molar-refractivity contribution is 5.41. The van der Waals surface area contributed by atoms with Crippen LogP contribution in [0.2, 0.25) is 0 Å². The fraction of sp³-hybridized carbons (Fsp3) is 0.250. The van der Waals surface area contributed by atoms with E-state index in [2.05, 4.69) is 0 Å². The van der Waals surface area contributed by atoms with E-state index < -0.39 is 5.60 Å². The maximum atomic E-state index is 10.2. The van der Waals surface area contributed by atoms with Crippen LogP contribution in [0.4, 0.5) is 0 Å². The van der Waals surface area contributed by atoms with Gasteiger partial charge in [-0.05, 0) is 24.5 Å². The van der Waals surface area contributed by atoms with Crippen LogP contribution in [0.1, 0.15) is 24.0 Å². The second-order valence-electron chi connectivity index (χ2n) is 4.80. The third-order valence-corrected chi connectivity index (χ3v) is 3.35. The molecule has 92 valence electrons. The lowest BCUT2D eigenvalue weighted by Crippen LogP contribution is -2.07. The van der Waals surface area contributed by atoms with E-state index in [1.807, 2.05) is 54.6 Å². The van der Waals surface area contributed by atoms with Crippen molar-refractivity contribution in [3.63, 3.8) is 0 Å². The highest BCUT2D eigenvalue weighted by Gasteiger charge is 2.44. The summed E-state index contributed by atoms with van der Waals surface area (Å²) >= 11 is 0. The Balaban J connectivity index is 1.77. The van der Waals surface area contributed by atoms with Gasteiger partial charge < -0.3 is 9.84 Å². The fourth-order valence-corrected chi connectivity index (χ4v) is 2.10. The Labute approximate surface area is 107 Å². The van der Waals surface area contributed by atoms with Gasteiger partial charge in [-0.3, -0.25) is 0 Å². The lowest BCUT2D eigenvalue weighted by molar-refractivity contribution is 0.145. The van der Waals surface area contributed by atoms with Gasteiger partial charge in [0.1, 0.15) is 12.4 Å². The Bertz CT molecular complexity index is 530. The van der Waals surface area contributed by atoms with E-state index >= 15 is 0 Å². The number of ether oxygens (including phenoxy) is 1. The highest BCUT2D eigenvalue weighted by atomic mass is 16.5. The zero-order valence-corrected chi connectivity index (χ0v) is 10.2. The van der Waals surface area contributed by atoms with E-state index in [-0.39, 0.29) is 0 Å². The average molecular weight is 240 g/mol. The first-order chi connectivity index (χ1) is 8.78.